The number of hydrogen-bond acceptors (Lipinski definition) is 4. The van der Waals surface area contributed by atoms with Crippen molar-refractivity contribution < 1.29 is 31.8 Å². The highest BCUT2D eigenvalue weighted by molar-refractivity contribution is 6.04. The lowest BCUT2D eigenvalue weighted by Gasteiger charge is -2.04. The molecule has 2 N–H and O–H groups in total. The van der Waals surface area contributed by atoms with Crippen molar-refractivity contribution in [1.82, 2.24) is 9.97 Å². The summed E-state index contributed by atoms with van der Waals surface area (Å²) in [6, 6.07) is 5.39. The van der Waals surface area contributed by atoms with Gasteiger partial charge in [0.2, 0.25) is 5.95 Å². The van der Waals surface area contributed by atoms with Gasteiger partial charge < -0.3 is 14.5 Å². The van der Waals surface area contributed by atoms with Gasteiger partial charge in [-0.05, 0) is 12.1 Å². The Bertz CT molecular complexity index is 953. The van der Waals surface area contributed by atoms with Crippen LogP contribution in [0.2, 0.25) is 0 Å². The molecule has 1 aliphatic heterocycles. The zero-order chi connectivity index (χ0) is 17.8. The molecule has 1 aromatic heterocycles. The van der Waals surface area contributed by atoms with E-state index >= 15 is 0 Å². The van der Waals surface area contributed by atoms with E-state index in [0.717, 1.165) is 18.2 Å². The molecule has 0 unspecified atom stereocenters. The van der Waals surface area contributed by atoms with E-state index in [1.165, 1.54) is 12.1 Å². The minimum Gasteiger partial charge on any atom is -0.395 e. The zero-order valence-corrected chi connectivity index (χ0v) is 12.1. The van der Waals surface area contributed by atoms with Crippen molar-refractivity contribution in [3.05, 3.63) is 47.5 Å². The highest BCUT2D eigenvalue weighted by Gasteiger charge is 2.43. The van der Waals surface area contributed by atoms with Crippen molar-refractivity contribution in [3.63, 3.8) is 0 Å². The number of ether oxygens (including phenoxy) is 2. The van der Waals surface area contributed by atoms with Crippen LogP contribution < -0.4 is 14.8 Å². The SMILES string of the molecule is O=C(Nc1nc2cc3c(cc2[nH]1)OC(F)(F)O3)c1c(F)cccc1F. The summed E-state index contributed by atoms with van der Waals surface area (Å²) in [6.07, 6.45) is -3.76. The fraction of sp³-hybridized carbons (Fsp3) is 0.0667. The van der Waals surface area contributed by atoms with Gasteiger partial charge in [0.05, 0.1) is 11.0 Å². The average molecular weight is 353 g/mol. The number of anilines is 1. The number of nitrogens with zero attached hydrogens (tertiary/aromatic N) is 1. The molecule has 6 nitrogen and oxygen atoms in total. The number of carbonyl (C=O) groups is 1. The van der Waals surface area contributed by atoms with E-state index in [-0.39, 0.29) is 28.5 Å². The topological polar surface area (TPSA) is 76.2 Å². The Morgan fingerprint density at radius 1 is 1.12 bits per heavy atom. The molecule has 1 amide bonds. The maximum Gasteiger partial charge on any atom is 0.586 e. The third-order valence-electron chi connectivity index (χ3n) is 3.43. The number of imidazole rings is 1. The second-order valence-corrected chi connectivity index (χ2v) is 5.12. The summed E-state index contributed by atoms with van der Waals surface area (Å²) in [5.74, 6) is -3.67. The molecule has 1 aliphatic rings. The number of hydrogen-bond donors (Lipinski definition) is 2. The standard InChI is InChI=1S/C15H7F4N3O3/c16-6-2-1-3-7(17)12(6)13(23)22-14-20-8-4-10-11(5-9(8)21-14)25-15(18,19)24-10/h1-5H,(H2,20,21,22,23). The lowest BCUT2D eigenvalue weighted by atomic mass is 10.2. The minimum absolute atomic E-state index is 0.127. The van der Waals surface area contributed by atoms with E-state index in [4.69, 9.17) is 0 Å². The first-order valence-corrected chi connectivity index (χ1v) is 6.87. The third-order valence-corrected chi connectivity index (χ3v) is 3.43. The van der Waals surface area contributed by atoms with Crippen molar-refractivity contribution in [2.45, 2.75) is 6.29 Å². The van der Waals surface area contributed by atoms with Crippen LogP contribution in [0.15, 0.2) is 30.3 Å². The molecule has 2 aromatic carbocycles. The molecule has 0 fully saturated rings. The number of rotatable bonds is 2. The van der Waals surface area contributed by atoms with Gasteiger partial charge in [-0.25, -0.2) is 13.8 Å². The smallest absolute Gasteiger partial charge is 0.395 e. The van der Waals surface area contributed by atoms with E-state index in [9.17, 15) is 22.4 Å². The van der Waals surface area contributed by atoms with E-state index in [1.54, 1.807) is 0 Å². The van der Waals surface area contributed by atoms with Gasteiger partial charge in [0.1, 0.15) is 17.2 Å². The molecule has 0 spiro atoms. The van der Waals surface area contributed by atoms with Crippen molar-refractivity contribution in [2.75, 3.05) is 5.32 Å². The Morgan fingerprint density at radius 3 is 2.44 bits per heavy atom. The molecule has 10 heteroatoms. The normalized spacial score (nSPS) is 14.7. The van der Waals surface area contributed by atoms with Crippen LogP contribution in [0, 0.1) is 11.6 Å². The monoisotopic (exact) mass is 353 g/mol. The molecule has 0 bridgehead atoms. The van der Waals surface area contributed by atoms with Crippen molar-refractivity contribution in [3.8, 4) is 11.5 Å². The van der Waals surface area contributed by atoms with Crippen LogP contribution in [0.3, 0.4) is 0 Å². The zero-order valence-electron chi connectivity index (χ0n) is 12.1. The molecular formula is C15H7F4N3O3. The van der Waals surface area contributed by atoms with Crippen LogP contribution in [-0.2, 0) is 0 Å². The second-order valence-electron chi connectivity index (χ2n) is 5.12. The molecular weight excluding hydrogens is 346 g/mol. The van der Waals surface area contributed by atoms with Crippen LogP contribution in [0.25, 0.3) is 11.0 Å². The summed E-state index contributed by atoms with van der Waals surface area (Å²) in [5, 5.41) is 2.21. The fourth-order valence-corrected chi connectivity index (χ4v) is 2.40. The summed E-state index contributed by atoms with van der Waals surface area (Å²) in [4.78, 5) is 18.6. The fourth-order valence-electron chi connectivity index (χ4n) is 2.40. The predicted molar refractivity (Wildman–Crippen MR) is 76.6 cm³/mol. The van der Waals surface area contributed by atoms with Gasteiger partial charge >= 0.3 is 6.29 Å². The van der Waals surface area contributed by atoms with E-state index in [1.807, 2.05) is 0 Å². The maximum absolute atomic E-state index is 13.6. The Labute approximate surface area is 136 Å². The van der Waals surface area contributed by atoms with Gasteiger partial charge in [-0.3, -0.25) is 10.1 Å². The number of halogens is 4. The van der Waals surface area contributed by atoms with Crippen LogP contribution in [-0.4, -0.2) is 22.2 Å². The van der Waals surface area contributed by atoms with E-state index in [0.29, 0.717) is 0 Å². The van der Waals surface area contributed by atoms with Crippen molar-refractivity contribution in [1.29, 1.82) is 0 Å². The van der Waals surface area contributed by atoms with Crippen LogP contribution >= 0.6 is 0 Å². The van der Waals surface area contributed by atoms with Gasteiger partial charge in [-0.15, -0.1) is 8.78 Å². The number of alkyl halides is 2. The molecule has 0 radical (unpaired) electrons. The van der Waals surface area contributed by atoms with Gasteiger partial charge in [0, 0.05) is 12.1 Å². The first kappa shape index (κ1) is 15.2. The Kier molecular flexibility index (Phi) is 3.11. The molecule has 4 rings (SSSR count). The molecule has 128 valence electrons. The summed E-state index contributed by atoms with van der Waals surface area (Å²) < 4.78 is 61.8. The molecule has 0 atom stereocenters. The number of fused-ring (bicyclic) bond motifs is 2. The molecule has 0 aliphatic carbocycles. The number of H-pyrrole nitrogens is 1. The number of aromatic nitrogens is 2. The van der Waals surface area contributed by atoms with Crippen LogP contribution in [0.1, 0.15) is 10.4 Å². The minimum atomic E-state index is -3.76. The average Bonchev–Trinajstić information content (AvgIpc) is 3.00. The number of amides is 1. The van der Waals surface area contributed by atoms with Gasteiger partial charge in [0.25, 0.3) is 5.91 Å². The number of nitrogens with one attached hydrogen (secondary N) is 2. The van der Waals surface area contributed by atoms with E-state index < -0.39 is 29.4 Å². The first-order chi connectivity index (χ1) is 11.8. The predicted octanol–water partition coefficient (Wildman–Crippen LogP) is 3.41. The number of carbonyl (C=O) groups excluding carboxylic acids is 1. The molecule has 2 heterocycles. The maximum atomic E-state index is 13.6. The molecule has 0 saturated heterocycles. The van der Waals surface area contributed by atoms with Crippen molar-refractivity contribution >= 4 is 22.9 Å². The van der Waals surface area contributed by atoms with Gasteiger partial charge in [0.15, 0.2) is 11.5 Å². The molecule has 0 saturated carbocycles. The highest BCUT2D eigenvalue weighted by atomic mass is 19.3. The molecule has 25 heavy (non-hydrogen) atoms. The quantitative estimate of drug-likeness (QED) is 0.692. The van der Waals surface area contributed by atoms with E-state index in [2.05, 4.69) is 24.8 Å². The highest BCUT2D eigenvalue weighted by Crippen LogP contribution is 2.42. The summed E-state index contributed by atoms with van der Waals surface area (Å²) in [7, 11) is 0. The van der Waals surface area contributed by atoms with Crippen LogP contribution in [0.4, 0.5) is 23.5 Å². The van der Waals surface area contributed by atoms with Gasteiger partial charge in [-0.2, -0.15) is 0 Å². The van der Waals surface area contributed by atoms with Gasteiger partial charge in [-0.1, -0.05) is 6.07 Å². The largest absolute Gasteiger partial charge is 0.586 e. The second kappa shape index (κ2) is 5.10. The lowest BCUT2D eigenvalue weighted by molar-refractivity contribution is -0.286. The van der Waals surface area contributed by atoms with Crippen molar-refractivity contribution in [2.24, 2.45) is 0 Å². The Hall–Kier alpha value is -3.30. The summed E-state index contributed by atoms with van der Waals surface area (Å²) in [5.41, 5.74) is -0.328. The molecule has 3 aromatic rings. The summed E-state index contributed by atoms with van der Waals surface area (Å²) >= 11 is 0. The lowest BCUT2D eigenvalue weighted by Crippen LogP contribution is -2.25. The van der Waals surface area contributed by atoms with Crippen LogP contribution in [0.5, 0.6) is 11.5 Å². The number of benzene rings is 2. The third kappa shape index (κ3) is 2.61. The summed E-state index contributed by atoms with van der Waals surface area (Å²) in [6.45, 7) is 0. The number of aromatic amines is 1. The first-order valence-electron chi connectivity index (χ1n) is 6.87. The Morgan fingerprint density at radius 2 is 1.76 bits per heavy atom. The Balaban J connectivity index is 1.64.